The Balaban J connectivity index is 1.45. The number of methoxy groups -OCH3 is 1. The lowest BCUT2D eigenvalue weighted by Gasteiger charge is -2.50. The number of alkyl halides is 3. The summed E-state index contributed by atoms with van der Waals surface area (Å²) in [5.74, 6) is -1.89. The minimum atomic E-state index is -5.05. The highest BCUT2D eigenvalue weighted by molar-refractivity contribution is 5.88. The molecule has 2 fully saturated rings. The number of benzene rings is 2. The van der Waals surface area contributed by atoms with Crippen LogP contribution in [-0.2, 0) is 19.9 Å². The second-order valence-corrected chi connectivity index (χ2v) is 10.2. The summed E-state index contributed by atoms with van der Waals surface area (Å²) in [6.45, 7) is 0.378. The average Bonchev–Trinajstić information content (AvgIpc) is 3.45. The normalized spacial score (nSPS) is 20.9. The highest BCUT2D eigenvalue weighted by Gasteiger charge is 2.64. The number of carbonyl (C=O) groups is 2. The van der Waals surface area contributed by atoms with E-state index in [9.17, 15) is 27.2 Å². The predicted octanol–water partition coefficient (Wildman–Crippen LogP) is 5.40. The predicted molar refractivity (Wildman–Crippen MR) is 134 cm³/mol. The maximum absolute atomic E-state index is 14.8. The van der Waals surface area contributed by atoms with Crippen LogP contribution in [0.1, 0.15) is 36.3 Å². The second-order valence-electron chi connectivity index (χ2n) is 10.2. The smallest absolute Gasteiger partial charge is 0.430 e. The Labute approximate surface area is 222 Å². The molecule has 5 rings (SSSR count). The molecule has 3 aromatic rings. The van der Waals surface area contributed by atoms with Crippen molar-refractivity contribution in [2.45, 2.75) is 37.0 Å². The lowest BCUT2D eigenvalue weighted by atomic mass is 9.62. The van der Waals surface area contributed by atoms with Crippen LogP contribution in [0.3, 0.4) is 0 Å². The molecule has 0 saturated carbocycles. The molecule has 6 nitrogen and oxygen atoms in total. The molecule has 0 radical (unpaired) electrons. The summed E-state index contributed by atoms with van der Waals surface area (Å²) >= 11 is 0. The van der Waals surface area contributed by atoms with E-state index in [1.54, 1.807) is 24.3 Å². The van der Waals surface area contributed by atoms with Gasteiger partial charge in [-0.3, -0.25) is 9.59 Å². The molecule has 1 unspecified atom stereocenters. The van der Waals surface area contributed by atoms with Gasteiger partial charge in [0, 0.05) is 50.2 Å². The molecule has 3 heterocycles. The number of nitrogens with one attached hydrogen (secondary N) is 1. The number of ether oxygens (including phenoxy) is 1. The molecule has 2 aliphatic heterocycles. The largest absolute Gasteiger partial charge is 0.472 e. The summed E-state index contributed by atoms with van der Waals surface area (Å²) in [4.78, 5) is 27.4. The van der Waals surface area contributed by atoms with Crippen LogP contribution >= 0.6 is 0 Å². The molecular weight excluding hydrogens is 516 g/mol. The van der Waals surface area contributed by atoms with Gasteiger partial charge in [0.05, 0.1) is 12.5 Å². The highest BCUT2D eigenvalue weighted by Crippen LogP contribution is 2.50. The molecule has 39 heavy (non-hydrogen) atoms. The fourth-order valence-corrected chi connectivity index (χ4v) is 6.08. The standard InChI is InChI=1S/C29H28F4N2O4/c1-38-28(29(31,32)33,22-4-2-3-20(15-22)21-9-14-39-18-21)26(37)35-12-10-27(11-13-35)16-25(36)34-17-24(27)19-5-7-23(30)8-6-19/h2-9,14-15,18,24H,10-13,16-17H2,1H3,(H,34,36)/t24-,28?/m0/s1. The van der Waals surface area contributed by atoms with Gasteiger partial charge in [0.2, 0.25) is 5.91 Å². The molecular formula is C29H28F4N2O4. The number of rotatable bonds is 5. The van der Waals surface area contributed by atoms with E-state index in [-0.39, 0.29) is 42.7 Å². The van der Waals surface area contributed by atoms with Crippen LogP contribution < -0.4 is 5.32 Å². The maximum Gasteiger partial charge on any atom is 0.430 e. The van der Waals surface area contributed by atoms with E-state index < -0.39 is 23.1 Å². The van der Waals surface area contributed by atoms with Crippen LogP contribution in [0.4, 0.5) is 17.6 Å². The van der Waals surface area contributed by atoms with Crippen molar-refractivity contribution in [1.29, 1.82) is 0 Å². The van der Waals surface area contributed by atoms with Gasteiger partial charge in [0.15, 0.2) is 0 Å². The van der Waals surface area contributed by atoms with Gasteiger partial charge in [-0.1, -0.05) is 30.3 Å². The molecule has 0 bridgehead atoms. The van der Waals surface area contributed by atoms with E-state index >= 15 is 0 Å². The van der Waals surface area contributed by atoms with Crippen LogP contribution in [-0.4, -0.2) is 49.6 Å². The van der Waals surface area contributed by atoms with Crippen LogP contribution in [0.15, 0.2) is 71.5 Å². The zero-order valence-electron chi connectivity index (χ0n) is 21.3. The fourth-order valence-electron chi connectivity index (χ4n) is 6.08. The van der Waals surface area contributed by atoms with Crippen molar-refractivity contribution in [1.82, 2.24) is 10.2 Å². The number of piperidine rings is 2. The number of nitrogens with zero attached hydrogens (tertiary/aromatic N) is 1. The third-order valence-electron chi connectivity index (χ3n) is 8.20. The third kappa shape index (κ3) is 4.71. The number of carbonyl (C=O) groups excluding carboxylic acids is 2. The van der Waals surface area contributed by atoms with E-state index in [1.807, 2.05) is 0 Å². The molecule has 2 atom stereocenters. The number of likely N-dealkylation sites (tertiary alicyclic amines) is 1. The molecule has 2 aromatic carbocycles. The van der Waals surface area contributed by atoms with E-state index in [0.717, 1.165) is 12.7 Å². The van der Waals surface area contributed by atoms with Crippen molar-refractivity contribution in [3.63, 3.8) is 0 Å². The average molecular weight is 545 g/mol. The molecule has 206 valence electrons. The summed E-state index contributed by atoms with van der Waals surface area (Å²) < 4.78 is 68.1. The van der Waals surface area contributed by atoms with Gasteiger partial charge < -0.3 is 19.4 Å². The van der Waals surface area contributed by atoms with Crippen molar-refractivity contribution in [2.24, 2.45) is 5.41 Å². The SMILES string of the molecule is COC(C(=O)N1CCC2(CC1)CC(=O)NC[C@H]2c1ccc(F)cc1)(c1cccc(-c2ccoc2)c1)C(F)(F)F. The molecule has 2 amide bonds. The Morgan fingerprint density at radius 2 is 1.79 bits per heavy atom. The lowest BCUT2D eigenvalue weighted by Crippen LogP contribution is -2.60. The monoisotopic (exact) mass is 544 g/mol. The summed E-state index contributed by atoms with van der Waals surface area (Å²) in [6, 6.07) is 13.3. The number of furan rings is 1. The highest BCUT2D eigenvalue weighted by atomic mass is 19.4. The Bertz CT molecular complexity index is 1330. The van der Waals surface area contributed by atoms with E-state index in [2.05, 4.69) is 5.32 Å². The molecule has 0 aliphatic carbocycles. The van der Waals surface area contributed by atoms with Gasteiger partial charge in [0.25, 0.3) is 11.5 Å². The molecule has 1 spiro atoms. The third-order valence-corrected chi connectivity index (χ3v) is 8.20. The first-order valence-electron chi connectivity index (χ1n) is 12.7. The quantitative estimate of drug-likeness (QED) is 0.437. The van der Waals surface area contributed by atoms with E-state index in [1.165, 1.54) is 47.8 Å². The first-order chi connectivity index (χ1) is 18.6. The van der Waals surface area contributed by atoms with E-state index in [0.29, 0.717) is 30.5 Å². The van der Waals surface area contributed by atoms with Gasteiger partial charge in [-0.25, -0.2) is 4.39 Å². The Hall–Kier alpha value is -3.66. The summed E-state index contributed by atoms with van der Waals surface area (Å²) in [7, 11) is 0.886. The Morgan fingerprint density at radius 1 is 1.08 bits per heavy atom. The molecule has 10 heteroatoms. The number of halogens is 4. The molecule has 1 aromatic heterocycles. The summed E-state index contributed by atoms with van der Waals surface area (Å²) in [5.41, 5.74) is -2.24. The van der Waals surface area contributed by atoms with Gasteiger partial charge in [-0.15, -0.1) is 0 Å². The first kappa shape index (κ1) is 26.9. The lowest BCUT2D eigenvalue weighted by molar-refractivity contribution is -0.271. The zero-order valence-corrected chi connectivity index (χ0v) is 21.3. The number of hydrogen-bond donors (Lipinski definition) is 1. The fraction of sp³-hybridized carbons (Fsp3) is 0.379. The van der Waals surface area contributed by atoms with Crippen molar-refractivity contribution < 1.29 is 36.3 Å². The first-order valence-corrected chi connectivity index (χ1v) is 12.7. The summed E-state index contributed by atoms with van der Waals surface area (Å²) in [5, 5.41) is 2.85. The minimum absolute atomic E-state index is 0.0203. The Kier molecular flexibility index (Phi) is 7.00. The van der Waals surface area contributed by atoms with Crippen molar-refractivity contribution in [3.05, 3.63) is 84.1 Å². The molecule has 2 aliphatic rings. The van der Waals surface area contributed by atoms with Crippen LogP contribution in [0.5, 0.6) is 0 Å². The van der Waals surface area contributed by atoms with E-state index in [4.69, 9.17) is 9.15 Å². The van der Waals surface area contributed by atoms with Crippen LogP contribution in [0.2, 0.25) is 0 Å². The summed E-state index contributed by atoms with van der Waals surface area (Å²) in [6.07, 6.45) is -1.41. The van der Waals surface area contributed by atoms with Crippen LogP contribution in [0.25, 0.3) is 11.1 Å². The number of hydrogen-bond acceptors (Lipinski definition) is 4. The van der Waals surface area contributed by atoms with Crippen LogP contribution in [0, 0.1) is 11.2 Å². The van der Waals surface area contributed by atoms with Crippen molar-refractivity contribution in [2.75, 3.05) is 26.7 Å². The Morgan fingerprint density at radius 3 is 2.41 bits per heavy atom. The number of amides is 2. The minimum Gasteiger partial charge on any atom is -0.472 e. The second kappa shape index (κ2) is 10.1. The van der Waals surface area contributed by atoms with Gasteiger partial charge >= 0.3 is 6.18 Å². The van der Waals surface area contributed by atoms with Gasteiger partial charge in [0.1, 0.15) is 5.82 Å². The van der Waals surface area contributed by atoms with Gasteiger partial charge in [-0.2, -0.15) is 13.2 Å². The maximum atomic E-state index is 14.8. The van der Waals surface area contributed by atoms with Crippen molar-refractivity contribution in [3.8, 4) is 11.1 Å². The molecule has 1 N–H and O–H groups in total. The molecule has 2 saturated heterocycles. The topological polar surface area (TPSA) is 71.8 Å². The zero-order chi connectivity index (χ0) is 27.8. The van der Waals surface area contributed by atoms with Crippen molar-refractivity contribution >= 4 is 11.8 Å². The van der Waals surface area contributed by atoms with Gasteiger partial charge in [-0.05, 0) is 53.6 Å².